The third kappa shape index (κ3) is 50.2. The Balaban J connectivity index is 4.26. The lowest BCUT2D eigenvalue weighted by Crippen LogP contribution is -2.30. The Morgan fingerprint density at radius 2 is 0.726 bits per heavy atom. The van der Waals surface area contributed by atoms with Gasteiger partial charge in [-0.25, -0.2) is 0 Å². The average Bonchev–Trinajstić information content (AvgIpc) is 3.27. The first kappa shape index (κ1) is 59.6. The van der Waals surface area contributed by atoms with Crippen LogP contribution in [-0.2, 0) is 23.8 Å². The Kier molecular flexibility index (Phi) is 50.9. The Bertz CT molecular complexity index is 1070. The van der Waals surface area contributed by atoms with E-state index in [4.69, 9.17) is 14.2 Å². The molecular formula is C57H102O5. The summed E-state index contributed by atoms with van der Waals surface area (Å²) in [5.74, 6) is -0.418. The first-order valence-electron chi connectivity index (χ1n) is 26.8. The molecule has 0 aliphatic carbocycles. The van der Waals surface area contributed by atoms with Gasteiger partial charge in [-0.1, -0.05) is 229 Å². The van der Waals surface area contributed by atoms with Gasteiger partial charge < -0.3 is 14.2 Å². The van der Waals surface area contributed by atoms with Crippen LogP contribution in [0.15, 0.2) is 60.8 Å². The number of carbonyl (C=O) groups is 2. The van der Waals surface area contributed by atoms with Gasteiger partial charge in [-0.15, -0.1) is 0 Å². The highest BCUT2D eigenvalue weighted by molar-refractivity contribution is 5.70. The van der Waals surface area contributed by atoms with Crippen LogP contribution in [0, 0.1) is 0 Å². The van der Waals surface area contributed by atoms with E-state index >= 15 is 0 Å². The minimum atomic E-state index is -0.546. The third-order valence-electron chi connectivity index (χ3n) is 11.5. The van der Waals surface area contributed by atoms with Crippen LogP contribution >= 0.6 is 0 Å². The molecule has 0 spiro atoms. The van der Waals surface area contributed by atoms with Crippen LogP contribution in [0.3, 0.4) is 0 Å². The van der Waals surface area contributed by atoms with E-state index in [2.05, 4.69) is 81.5 Å². The van der Waals surface area contributed by atoms with Gasteiger partial charge in [0.15, 0.2) is 6.10 Å². The maximum Gasteiger partial charge on any atom is 0.306 e. The predicted molar refractivity (Wildman–Crippen MR) is 270 cm³/mol. The molecule has 1 atom stereocenters. The zero-order valence-electron chi connectivity index (χ0n) is 41.4. The lowest BCUT2D eigenvalue weighted by molar-refractivity contribution is -0.163. The highest BCUT2D eigenvalue weighted by Crippen LogP contribution is 2.15. The van der Waals surface area contributed by atoms with E-state index in [-0.39, 0.29) is 25.2 Å². The van der Waals surface area contributed by atoms with Crippen LogP contribution in [0.2, 0.25) is 0 Å². The molecule has 5 heteroatoms. The molecule has 0 saturated carbocycles. The monoisotopic (exact) mass is 867 g/mol. The summed E-state index contributed by atoms with van der Waals surface area (Å²) in [7, 11) is 0. The highest BCUT2D eigenvalue weighted by Gasteiger charge is 2.17. The molecule has 0 amide bonds. The van der Waals surface area contributed by atoms with Crippen molar-refractivity contribution in [3.63, 3.8) is 0 Å². The molecule has 360 valence electrons. The van der Waals surface area contributed by atoms with Gasteiger partial charge in [-0.3, -0.25) is 9.59 Å². The van der Waals surface area contributed by atoms with Crippen molar-refractivity contribution in [2.75, 3.05) is 19.8 Å². The van der Waals surface area contributed by atoms with Crippen molar-refractivity contribution < 1.29 is 23.8 Å². The first-order chi connectivity index (χ1) is 30.6. The zero-order chi connectivity index (χ0) is 44.9. The van der Waals surface area contributed by atoms with E-state index in [0.717, 1.165) is 83.5 Å². The van der Waals surface area contributed by atoms with Crippen molar-refractivity contribution in [3.05, 3.63) is 60.8 Å². The minimum Gasteiger partial charge on any atom is -0.462 e. The molecule has 0 aromatic heterocycles. The smallest absolute Gasteiger partial charge is 0.306 e. The summed E-state index contributed by atoms with van der Waals surface area (Å²) in [6, 6.07) is 0. The summed E-state index contributed by atoms with van der Waals surface area (Å²) in [6.45, 7) is 7.70. The lowest BCUT2D eigenvalue weighted by atomic mass is 10.1. The Hall–Kier alpha value is -2.40. The molecule has 1 unspecified atom stereocenters. The molecule has 0 radical (unpaired) electrons. The topological polar surface area (TPSA) is 61.8 Å². The summed E-state index contributed by atoms with van der Waals surface area (Å²) in [5.41, 5.74) is 0. The molecule has 0 aromatic carbocycles. The van der Waals surface area contributed by atoms with Crippen molar-refractivity contribution in [1.82, 2.24) is 0 Å². The van der Waals surface area contributed by atoms with Crippen molar-refractivity contribution in [3.8, 4) is 0 Å². The first-order valence-corrected chi connectivity index (χ1v) is 26.8. The Morgan fingerprint density at radius 3 is 1.18 bits per heavy atom. The fraction of sp³-hybridized carbons (Fsp3) is 0.789. The Morgan fingerprint density at radius 1 is 0.371 bits per heavy atom. The number of carbonyl (C=O) groups excluding carboxylic acids is 2. The lowest BCUT2D eigenvalue weighted by Gasteiger charge is -2.18. The predicted octanol–water partition coefficient (Wildman–Crippen LogP) is 18.1. The number of esters is 2. The molecule has 0 saturated heterocycles. The molecule has 62 heavy (non-hydrogen) atoms. The molecule has 0 bridgehead atoms. The van der Waals surface area contributed by atoms with Crippen LogP contribution in [0.5, 0.6) is 0 Å². The van der Waals surface area contributed by atoms with Crippen LogP contribution in [0.4, 0.5) is 0 Å². The summed E-state index contributed by atoms with van der Waals surface area (Å²) in [6.07, 6.45) is 66.6. The van der Waals surface area contributed by atoms with Gasteiger partial charge in [0, 0.05) is 19.4 Å². The zero-order valence-corrected chi connectivity index (χ0v) is 41.4. The van der Waals surface area contributed by atoms with Gasteiger partial charge in [0.1, 0.15) is 6.61 Å². The van der Waals surface area contributed by atoms with Crippen LogP contribution in [0.25, 0.3) is 0 Å². The molecule has 0 rings (SSSR count). The van der Waals surface area contributed by atoms with Crippen LogP contribution < -0.4 is 0 Å². The maximum absolute atomic E-state index is 12.8. The van der Waals surface area contributed by atoms with E-state index in [9.17, 15) is 9.59 Å². The Labute approximate surface area is 385 Å². The fourth-order valence-electron chi connectivity index (χ4n) is 7.56. The van der Waals surface area contributed by atoms with Gasteiger partial charge in [0.2, 0.25) is 0 Å². The van der Waals surface area contributed by atoms with Crippen molar-refractivity contribution >= 4 is 11.9 Å². The molecule has 0 fully saturated rings. The van der Waals surface area contributed by atoms with Gasteiger partial charge >= 0.3 is 11.9 Å². The number of ether oxygens (including phenoxy) is 3. The molecule has 0 aliphatic heterocycles. The summed E-state index contributed by atoms with van der Waals surface area (Å²) in [5, 5.41) is 0. The summed E-state index contributed by atoms with van der Waals surface area (Å²) >= 11 is 0. The normalized spacial score (nSPS) is 12.6. The van der Waals surface area contributed by atoms with E-state index < -0.39 is 6.10 Å². The number of unbranched alkanes of at least 4 members (excludes halogenated alkanes) is 28. The van der Waals surface area contributed by atoms with Crippen molar-refractivity contribution in [2.45, 2.75) is 271 Å². The second-order valence-corrected chi connectivity index (χ2v) is 17.8. The van der Waals surface area contributed by atoms with Crippen LogP contribution in [0.1, 0.15) is 265 Å². The number of hydrogen-bond donors (Lipinski definition) is 0. The quantitative estimate of drug-likeness (QED) is 0.0346. The standard InChI is InChI=1S/C57H102O5/c1-4-7-10-13-16-19-22-24-26-28-30-32-34-37-40-43-46-49-52-60-53-55(62-57(59)51-48-45-42-39-35-21-18-15-12-9-6-3)54-61-56(58)50-47-44-41-38-36-33-31-29-27-25-23-20-17-14-11-8-5-2/h8,11,17,20,24-27,31,33,55H,4-7,9-10,12-16,18-19,21-23,28-30,32,34-54H2,1-3H3/b11-8-,20-17-,26-24-,27-25-,33-31-. The van der Waals surface area contributed by atoms with E-state index in [1.54, 1.807) is 0 Å². The molecule has 0 aromatic rings. The number of allylic oxidation sites excluding steroid dienone is 10. The van der Waals surface area contributed by atoms with Crippen molar-refractivity contribution in [1.29, 1.82) is 0 Å². The van der Waals surface area contributed by atoms with E-state index in [0.29, 0.717) is 19.4 Å². The van der Waals surface area contributed by atoms with Gasteiger partial charge in [-0.05, 0) is 83.5 Å². The van der Waals surface area contributed by atoms with Crippen molar-refractivity contribution in [2.24, 2.45) is 0 Å². The second kappa shape index (κ2) is 52.9. The molecule has 5 nitrogen and oxygen atoms in total. The average molecular weight is 867 g/mol. The maximum atomic E-state index is 12.8. The second-order valence-electron chi connectivity index (χ2n) is 17.8. The van der Waals surface area contributed by atoms with E-state index in [1.165, 1.54) is 148 Å². The minimum absolute atomic E-state index is 0.0730. The molecule has 0 heterocycles. The van der Waals surface area contributed by atoms with Gasteiger partial charge in [0.25, 0.3) is 0 Å². The van der Waals surface area contributed by atoms with Crippen LogP contribution in [-0.4, -0.2) is 37.9 Å². The molecule has 0 aliphatic rings. The molecule has 0 N–H and O–H groups in total. The summed E-state index contributed by atoms with van der Waals surface area (Å²) < 4.78 is 17.4. The number of hydrogen-bond acceptors (Lipinski definition) is 5. The fourth-order valence-corrected chi connectivity index (χ4v) is 7.56. The van der Waals surface area contributed by atoms with E-state index in [1.807, 2.05) is 0 Å². The largest absolute Gasteiger partial charge is 0.462 e. The van der Waals surface area contributed by atoms with Gasteiger partial charge in [0.05, 0.1) is 6.61 Å². The SMILES string of the molecule is CC/C=C\C/C=C\C/C=C\C/C=C\CCCCCCC(=O)OCC(COCCCCCCCCCC/C=C\CCCCCCCC)OC(=O)CCCCCCCCCCCCC. The molecular weight excluding hydrogens is 765 g/mol. The third-order valence-corrected chi connectivity index (χ3v) is 11.5. The van der Waals surface area contributed by atoms with Gasteiger partial charge in [-0.2, -0.15) is 0 Å². The number of rotatable bonds is 49. The highest BCUT2D eigenvalue weighted by atomic mass is 16.6. The summed E-state index contributed by atoms with van der Waals surface area (Å²) in [4.78, 5) is 25.4.